The highest BCUT2D eigenvalue weighted by molar-refractivity contribution is 6.31. The zero-order valence-corrected chi connectivity index (χ0v) is 8.88. The van der Waals surface area contributed by atoms with Crippen LogP contribution in [0.4, 0.5) is 0 Å². The average molecular weight is 225 g/mol. The fourth-order valence-corrected chi connectivity index (χ4v) is 1.90. The van der Waals surface area contributed by atoms with Crippen molar-refractivity contribution in [1.82, 2.24) is 0 Å². The number of carbonyl (C=O) groups excluding carboxylic acids is 2. The third-order valence-corrected chi connectivity index (χ3v) is 2.96. The second-order valence-electron chi connectivity index (χ2n) is 3.50. The molecule has 1 aliphatic heterocycles. The van der Waals surface area contributed by atoms with Crippen LogP contribution in [0.2, 0.25) is 5.02 Å². The normalized spacial score (nSPS) is 20.5. The minimum Gasteiger partial charge on any atom is -0.393 e. The first-order valence-corrected chi connectivity index (χ1v) is 4.97. The van der Waals surface area contributed by atoms with E-state index in [0.717, 1.165) is 11.1 Å². The van der Waals surface area contributed by atoms with Crippen LogP contribution in [-0.2, 0) is 14.3 Å². The molecule has 0 amide bonds. The molecule has 1 aromatic rings. The molecule has 4 heteroatoms. The molecule has 78 valence electrons. The van der Waals surface area contributed by atoms with Crippen LogP contribution in [0.1, 0.15) is 23.5 Å². The Balaban J connectivity index is 2.42. The first-order chi connectivity index (χ1) is 7.09. The zero-order chi connectivity index (χ0) is 11.0. The van der Waals surface area contributed by atoms with Gasteiger partial charge in [0.2, 0.25) is 0 Å². The zero-order valence-electron chi connectivity index (χ0n) is 8.12. The number of benzene rings is 1. The Hall–Kier alpha value is -1.35. The van der Waals surface area contributed by atoms with E-state index in [1.54, 1.807) is 18.2 Å². The van der Waals surface area contributed by atoms with E-state index in [4.69, 9.17) is 11.6 Å². The van der Waals surface area contributed by atoms with E-state index in [1.165, 1.54) is 0 Å². The van der Waals surface area contributed by atoms with Crippen LogP contribution in [0.5, 0.6) is 0 Å². The first kappa shape index (κ1) is 10.2. The summed E-state index contributed by atoms with van der Waals surface area (Å²) in [5, 5.41) is 0.597. The lowest BCUT2D eigenvalue weighted by molar-refractivity contribution is -0.152. The molecular weight excluding hydrogens is 216 g/mol. The molecule has 0 aliphatic carbocycles. The average Bonchev–Trinajstić information content (AvgIpc) is 2.50. The van der Waals surface area contributed by atoms with Crippen LogP contribution in [0, 0.1) is 6.92 Å². The number of hydrogen-bond donors (Lipinski definition) is 0. The van der Waals surface area contributed by atoms with Gasteiger partial charge in [0.05, 0.1) is 12.3 Å². The lowest BCUT2D eigenvalue weighted by Crippen LogP contribution is -2.07. The van der Waals surface area contributed by atoms with Gasteiger partial charge in [-0.1, -0.05) is 23.7 Å². The second-order valence-corrected chi connectivity index (χ2v) is 3.91. The number of ether oxygens (including phenoxy) is 1. The van der Waals surface area contributed by atoms with Crippen molar-refractivity contribution in [3.63, 3.8) is 0 Å². The highest BCUT2D eigenvalue weighted by Gasteiger charge is 2.35. The van der Waals surface area contributed by atoms with Crippen molar-refractivity contribution in [1.29, 1.82) is 0 Å². The van der Waals surface area contributed by atoms with Crippen LogP contribution in [0.25, 0.3) is 0 Å². The molecule has 3 nitrogen and oxygen atoms in total. The predicted molar refractivity (Wildman–Crippen MR) is 54.6 cm³/mol. The van der Waals surface area contributed by atoms with Gasteiger partial charge >= 0.3 is 11.9 Å². The van der Waals surface area contributed by atoms with E-state index in [2.05, 4.69) is 4.74 Å². The number of hydrogen-bond acceptors (Lipinski definition) is 3. The standard InChI is InChI=1S/C11H9ClO3/c1-6-7(3-2-4-9(6)12)8-5-10(13)15-11(8)14/h2-4,8H,5H2,1H3. The largest absolute Gasteiger partial charge is 0.393 e. The van der Waals surface area contributed by atoms with Gasteiger partial charge in [0, 0.05) is 5.02 Å². The lowest BCUT2D eigenvalue weighted by Gasteiger charge is -2.09. The molecule has 0 radical (unpaired) electrons. The van der Waals surface area contributed by atoms with Crippen molar-refractivity contribution in [3.05, 3.63) is 34.3 Å². The SMILES string of the molecule is Cc1c(Cl)cccc1C1CC(=O)OC1=O. The molecule has 1 fully saturated rings. The third kappa shape index (κ3) is 1.75. The van der Waals surface area contributed by atoms with Gasteiger partial charge < -0.3 is 4.74 Å². The van der Waals surface area contributed by atoms with E-state index in [0.29, 0.717) is 5.02 Å². The molecule has 0 bridgehead atoms. The topological polar surface area (TPSA) is 43.4 Å². The second kappa shape index (κ2) is 3.66. The Bertz CT molecular complexity index is 439. The molecule has 15 heavy (non-hydrogen) atoms. The molecule has 1 saturated heterocycles. The van der Waals surface area contributed by atoms with Crippen LogP contribution >= 0.6 is 11.6 Å². The minimum atomic E-state index is -0.490. The summed E-state index contributed by atoms with van der Waals surface area (Å²) in [4.78, 5) is 22.3. The van der Waals surface area contributed by atoms with Gasteiger partial charge in [0.15, 0.2) is 0 Å². The Morgan fingerprint density at radius 1 is 1.40 bits per heavy atom. The van der Waals surface area contributed by atoms with Crippen LogP contribution < -0.4 is 0 Å². The Morgan fingerprint density at radius 3 is 2.73 bits per heavy atom. The van der Waals surface area contributed by atoms with Gasteiger partial charge in [0.25, 0.3) is 0 Å². The van der Waals surface area contributed by atoms with Gasteiger partial charge in [-0.25, -0.2) is 0 Å². The third-order valence-electron chi connectivity index (χ3n) is 2.55. The van der Waals surface area contributed by atoms with Gasteiger partial charge in [-0.15, -0.1) is 0 Å². The van der Waals surface area contributed by atoms with Crippen molar-refractivity contribution in [3.8, 4) is 0 Å². The molecule has 1 atom stereocenters. The maximum atomic E-state index is 11.4. The molecule has 1 aromatic carbocycles. The number of esters is 2. The van der Waals surface area contributed by atoms with Crippen molar-refractivity contribution >= 4 is 23.5 Å². The summed E-state index contributed by atoms with van der Waals surface area (Å²) in [7, 11) is 0. The van der Waals surface area contributed by atoms with Crippen molar-refractivity contribution in [2.45, 2.75) is 19.3 Å². The van der Waals surface area contributed by atoms with Crippen molar-refractivity contribution in [2.24, 2.45) is 0 Å². The van der Waals surface area contributed by atoms with Crippen LogP contribution in [0.15, 0.2) is 18.2 Å². The fourth-order valence-electron chi connectivity index (χ4n) is 1.71. The summed E-state index contributed by atoms with van der Waals surface area (Å²) >= 11 is 5.94. The van der Waals surface area contributed by atoms with Gasteiger partial charge in [-0.2, -0.15) is 0 Å². The van der Waals surface area contributed by atoms with E-state index in [-0.39, 0.29) is 6.42 Å². The van der Waals surface area contributed by atoms with Crippen molar-refractivity contribution in [2.75, 3.05) is 0 Å². The Morgan fingerprint density at radius 2 is 2.13 bits per heavy atom. The smallest absolute Gasteiger partial charge is 0.321 e. The highest BCUT2D eigenvalue weighted by Crippen LogP contribution is 2.32. The minimum absolute atomic E-state index is 0.111. The van der Waals surface area contributed by atoms with Gasteiger partial charge in [-0.3, -0.25) is 9.59 Å². The Labute approximate surface area is 92.0 Å². The summed E-state index contributed by atoms with van der Waals surface area (Å²) in [6.07, 6.45) is 0.111. The maximum absolute atomic E-state index is 11.4. The lowest BCUT2D eigenvalue weighted by atomic mass is 9.94. The molecule has 0 N–H and O–H groups in total. The Kier molecular flexibility index (Phi) is 2.49. The maximum Gasteiger partial charge on any atom is 0.321 e. The molecular formula is C11H9ClO3. The predicted octanol–water partition coefficient (Wildman–Crippen LogP) is 2.21. The van der Waals surface area contributed by atoms with Crippen LogP contribution in [-0.4, -0.2) is 11.9 Å². The molecule has 1 heterocycles. The summed E-state index contributed by atoms with van der Waals surface area (Å²) in [5.41, 5.74) is 1.61. The van der Waals surface area contributed by atoms with Gasteiger partial charge in [0.1, 0.15) is 0 Å². The summed E-state index contributed by atoms with van der Waals surface area (Å²) in [6.45, 7) is 1.83. The monoisotopic (exact) mass is 224 g/mol. The quantitative estimate of drug-likeness (QED) is 0.543. The number of cyclic esters (lactones) is 2. The summed E-state index contributed by atoms with van der Waals surface area (Å²) in [5.74, 6) is -1.44. The van der Waals surface area contributed by atoms with Crippen LogP contribution in [0.3, 0.4) is 0 Å². The van der Waals surface area contributed by atoms with E-state index in [1.807, 2.05) is 6.92 Å². The molecule has 1 unspecified atom stereocenters. The van der Waals surface area contributed by atoms with Gasteiger partial charge in [-0.05, 0) is 24.1 Å². The first-order valence-electron chi connectivity index (χ1n) is 4.59. The van der Waals surface area contributed by atoms with E-state index >= 15 is 0 Å². The summed E-state index contributed by atoms with van der Waals surface area (Å²) in [6, 6.07) is 5.31. The fraction of sp³-hybridized carbons (Fsp3) is 0.273. The van der Waals surface area contributed by atoms with E-state index in [9.17, 15) is 9.59 Å². The number of halogens is 1. The highest BCUT2D eigenvalue weighted by atomic mass is 35.5. The summed E-state index contributed by atoms with van der Waals surface area (Å²) < 4.78 is 4.50. The number of rotatable bonds is 1. The van der Waals surface area contributed by atoms with E-state index < -0.39 is 17.9 Å². The molecule has 1 aliphatic rings. The number of carbonyl (C=O) groups is 2. The molecule has 0 spiro atoms. The van der Waals surface area contributed by atoms with Crippen molar-refractivity contribution < 1.29 is 14.3 Å². The molecule has 0 aromatic heterocycles. The molecule has 2 rings (SSSR count). The molecule has 0 saturated carbocycles.